The maximum Gasteiger partial charge on any atom is 2.00 e. The minimum absolute atomic E-state index is 0. The molecule has 12 heavy (non-hydrogen) atoms. The van der Waals surface area contributed by atoms with Gasteiger partial charge in [0.15, 0.2) is 0 Å². The van der Waals surface area contributed by atoms with Crippen LogP contribution in [0.2, 0.25) is 0 Å². The van der Waals surface area contributed by atoms with E-state index in [2.05, 4.69) is 0 Å². The maximum atomic E-state index is 9.45. The van der Waals surface area contributed by atoms with Gasteiger partial charge in [-0.1, -0.05) is 0 Å². The zero-order chi connectivity index (χ0) is 8.73. The molecule has 0 saturated heterocycles. The van der Waals surface area contributed by atoms with E-state index in [1.54, 1.807) is 0 Å². The normalized spacial score (nSPS) is 8.92. The van der Waals surface area contributed by atoms with Crippen LogP contribution < -0.4 is 0 Å². The second-order valence-corrected chi connectivity index (χ2v) is 1.53. The minimum atomic E-state index is -1.23. The van der Waals surface area contributed by atoms with Crippen LogP contribution >= 0.6 is 0 Å². The molecule has 0 aliphatic carbocycles. The Bertz CT molecular complexity index is 134. The topological polar surface area (TPSA) is 94.8 Å². The van der Waals surface area contributed by atoms with Crippen LogP contribution in [0.15, 0.2) is 0 Å². The monoisotopic (exact) mass is 234 g/mol. The van der Waals surface area contributed by atoms with E-state index < -0.39 is 18.0 Å². The molecule has 0 bridgehead atoms. The van der Waals surface area contributed by atoms with Crippen LogP contribution in [0.1, 0.15) is 19.6 Å². The van der Waals surface area contributed by atoms with Gasteiger partial charge in [0.1, 0.15) is 6.10 Å². The van der Waals surface area contributed by atoms with Crippen molar-refractivity contribution in [2.24, 2.45) is 0 Å². The standard InChI is InChI=1S/C3H6O3.C2H4O2.2Ca.4H/c1-2(4)3(5)6;1-2(3)4;;;;;;/h2,4H,1H3,(H,5,6);1H3,(H,3,4);;;;;;/q;;2*+2;4*-1. The molecule has 0 radical (unpaired) electrons. The van der Waals surface area contributed by atoms with E-state index in [1.165, 1.54) is 6.92 Å². The number of aliphatic hydroxyl groups excluding tert-OH is 1. The molecule has 3 N–H and O–H groups in total. The van der Waals surface area contributed by atoms with E-state index in [0.29, 0.717) is 0 Å². The second kappa shape index (κ2) is 14.9. The summed E-state index contributed by atoms with van der Waals surface area (Å²) in [5.74, 6) is -2.02. The van der Waals surface area contributed by atoms with Gasteiger partial charge in [-0.05, 0) is 6.92 Å². The van der Waals surface area contributed by atoms with Crippen molar-refractivity contribution in [2.45, 2.75) is 20.0 Å². The molecule has 0 heterocycles. The van der Waals surface area contributed by atoms with E-state index >= 15 is 0 Å². The van der Waals surface area contributed by atoms with Crippen molar-refractivity contribution >= 4 is 87.4 Å². The van der Waals surface area contributed by atoms with Crippen LogP contribution in [0, 0.1) is 0 Å². The minimum Gasteiger partial charge on any atom is -1.00 e. The number of carboxylic acids is 2. The van der Waals surface area contributed by atoms with E-state index in [9.17, 15) is 4.79 Å². The molecule has 5 nitrogen and oxygen atoms in total. The Morgan fingerprint density at radius 2 is 1.33 bits per heavy atom. The molecule has 0 aliphatic rings. The average Bonchev–Trinajstić information content (AvgIpc) is 1.63. The van der Waals surface area contributed by atoms with Crippen molar-refractivity contribution < 1.29 is 30.6 Å². The molecular weight excluding hydrogens is 220 g/mol. The molecule has 0 rings (SSSR count). The van der Waals surface area contributed by atoms with Crippen molar-refractivity contribution in [3.8, 4) is 0 Å². The summed E-state index contributed by atoms with van der Waals surface area (Å²) in [6.07, 6.45) is -1.23. The molecule has 0 saturated carbocycles. The van der Waals surface area contributed by atoms with Crippen LogP contribution in [-0.2, 0) is 9.59 Å². The average molecular weight is 234 g/mol. The summed E-state index contributed by atoms with van der Waals surface area (Å²) < 4.78 is 0. The predicted molar refractivity (Wildman–Crippen MR) is 48.6 cm³/mol. The van der Waals surface area contributed by atoms with Gasteiger partial charge in [-0.3, -0.25) is 4.79 Å². The molecular formula is C5H14Ca2O5. The van der Waals surface area contributed by atoms with Crippen molar-refractivity contribution in [2.75, 3.05) is 0 Å². The SMILES string of the molecule is CC(=O)O.CC(O)C(=O)O.[Ca+2].[Ca+2].[H-].[H-].[H-].[H-]. The number of rotatable bonds is 1. The van der Waals surface area contributed by atoms with Gasteiger partial charge in [0.2, 0.25) is 0 Å². The first-order valence-corrected chi connectivity index (χ1v) is 2.48. The zero-order valence-electron chi connectivity index (χ0n) is 11.1. The fourth-order valence-corrected chi connectivity index (χ4v) is 0. The van der Waals surface area contributed by atoms with Crippen LogP contribution in [0.5, 0.6) is 0 Å². The van der Waals surface area contributed by atoms with E-state index in [1.807, 2.05) is 0 Å². The fraction of sp³-hybridized carbons (Fsp3) is 0.600. The fourth-order valence-electron chi connectivity index (χ4n) is 0. The molecule has 1 unspecified atom stereocenters. The summed E-state index contributed by atoms with van der Waals surface area (Å²) in [5.41, 5.74) is 0. The predicted octanol–water partition coefficient (Wildman–Crippen LogP) is -0.769. The van der Waals surface area contributed by atoms with Gasteiger partial charge < -0.3 is 21.0 Å². The van der Waals surface area contributed by atoms with E-state index in [-0.39, 0.29) is 81.2 Å². The largest absolute Gasteiger partial charge is 2.00 e. The van der Waals surface area contributed by atoms with Crippen LogP contribution in [0.3, 0.4) is 0 Å². The van der Waals surface area contributed by atoms with Crippen LogP contribution in [0.4, 0.5) is 0 Å². The third-order valence-electron chi connectivity index (χ3n) is 0.357. The van der Waals surface area contributed by atoms with Crippen molar-refractivity contribution in [3.63, 3.8) is 0 Å². The van der Waals surface area contributed by atoms with Crippen molar-refractivity contribution in [1.29, 1.82) is 0 Å². The maximum absolute atomic E-state index is 9.45. The summed E-state index contributed by atoms with van der Waals surface area (Å²) in [7, 11) is 0. The van der Waals surface area contributed by atoms with Gasteiger partial charge >= 0.3 is 81.4 Å². The molecule has 1 atom stereocenters. The summed E-state index contributed by atoms with van der Waals surface area (Å²) in [4.78, 5) is 18.4. The van der Waals surface area contributed by atoms with Gasteiger partial charge in [-0.2, -0.15) is 0 Å². The van der Waals surface area contributed by atoms with E-state index in [0.717, 1.165) is 6.92 Å². The van der Waals surface area contributed by atoms with Crippen molar-refractivity contribution in [3.05, 3.63) is 0 Å². The van der Waals surface area contributed by atoms with Gasteiger partial charge in [-0.15, -0.1) is 0 Å². The Kier molecular flexibility index (Phi) is 29.0. The van der Waals surface area contributed by atoms with Crippen LogP contribution in [0.25, 0.3) is 0 Å². The molecule has 0 spiro atoms. The smallest absolute Gasteiger partial charge is 1.00 e. The first-order chi connectivity index (χ1) is 4.37. The van der Waals surface area contributed by atoms with E-state index in [4.69, 9.17) is 20.1 Å². The molecule has 0 aliphatic heterocycles. The Hall–Kier alpha value is 1.42. The third-order valence-corrected chi connectivity index (χ3v) is 0.357. The third kappa shape index (κ3) is 42.2. The van der Waals surface area contributed by atoms with Gasteiger partial charge in [0, 0.05) is 6.92 Å². The molecule has 0 fully saturated rings. The number of aliphatic carboxylic acids is 2. The number of hydrogen-bond acceptors (Lipinski definition) is 3. The first kappa shape index (κ1) is 23.3. The quantitative estimate of drug-likeness (QED) is 0.518. The molecule has 0 aromatic rings. The Labute approximate surface area is 136 Å². The number of aliphatic hydroxyl groups is 1. The molecule has 68 valence electrons. The molecule has 0 aromatic carbocycles. The zero-order valence-corrected chi connectivity index (χ0v) is 11.6. The summed E-state index contributed by atoms with van der Waals surface area (Å²) in [5, 5.41) is 23.2. The van der Waals surface area contributed by atoms with Crippen LogP contribution in [-0.4, -0.2) is 109 Å². The second-order valence-electron chi connectivity index (χ2n) is 1.53. The van der Waals surface area contributed by atoms with Crippen molar-refractivity contribution in [1.82, 2.24) is 0 Å². The Balaban J connectivity index is -0.00000001000. The number of carbonyl (C=O) groups is 2. The van der Waals surface area contributed by atoms with Gasteiger partial charge in [0.05, 0.1) is 0 Å². The van der Waals surface area contributed by atoms with Gasteiger partial charge in [-0.25, -0.2) is 4.79 Å². The van der Waals surface area contributed by atoms with Gasteiger partial charge in [0.25, 0.3) is 5.97 Å². The summed E-state index contributed by atoms with van der Waals surface area (Å²) >= 11 is 0. The molecule has 7 heteroatoms. The summed E-state index contributed by atoms with van der Waals surface area (Å²) in [6.45, 7) is 2.28. The number of carboxylic acid groups (broad SMARTS) is 2. The molecule has 0 aromatic heterocycles. The summed E-state index contributed by atoms with van der Waals surface area (Å²) in [6, 6.07) is 0. The molecule has 0 amide bonds. The Morgan fingerprint density at radius 1 is 1.25 bits per heavy atom. The Morgan fingerprint density at radius 3 is 1.33 bits per heavy atom. The first-order valence-electron chi connectivity index (χ1n) is 2.48. The number of hydrogen-bond donors (Lipinski definition) is 3.